The number of esters is 4. The van der Waals surface area contributed by atoms with Crippen molar-refractivity contribution in [3.05, 3.63) is 0 Å². The third-order valence-electron chi connectivity index (χ3n) is 20.6. The molecule has 0 aromatic rings. The zero-order valence-electron chi connectivity index (χ0n) is 69.0. The fourth-order valence-electron chi connectivity index (χ4n) is 13.4. The molecule has 19 heteroatoms. The fourth-order valence-corrected chi connectivity index (χ4v) is 15.0. The van der Waals surface area contributed by atoms with E-state index in [1.165, 1.54) is 276 Å². The Kier molecular flexibility index (Phi) is 76.0. The number of phosphoric ester groups is 2. The summed E-state index contributed by atoms with van der Waals surface area (Å²) in [7, 11) is -9.93. The molecule has 6 atom stereocenters. The van der Waals surface area contributed by atoms with Gasteiger partial charge in [-0.2, -0.15) is 0 Å². The van der Waals surface area contributed by atoms with Gasteiger partial charge in [0, 0.05) is 25.7 Å². The molecule has 0 spiro atoms. The molecule has 3 unspecified atom stereocenters. The predicted octanol–water partition coefficient (Wildman–Crippen LogP) is 26.2. The summed E-state index contributed by atoms with van der Waals surface area (Å²) in [5, 5.41) is 10.7. The Bertz CT molecular complexity index is 2010. The highest BCUT2D eigenvalue weighted by atomic mass is 31.2. The first kappa shape index (κ1) is 103. The molecule has 0 amide bonds. The van der Waals surface area contributed by atoms with Crippen LogP contribution in [0.25, 0.3) is 0 Å². The highest BCUT2D eigenvalue weighted by molar-refractivity contribution is 7.47. The molecule has 0 saturated heterocycles. The molecule has 3 N–H and O–H groups in total. The van der Waals surface area contributed by atoms with E-state index < -0.39 is 97.5 Å². The Balaban J connectivity index is 5.23. The zero-order chi connectivity index (χ0) is 77.1. The Morgan fingerprint density at radius 1 is 0.276 bits per heavy atom. The minimum atomic E-state index is -4.97. The summed E-state index contributed by atoms with van der Waals surface area (Å²) in [6, 6.07) is 0. The smallest absolute Gasteiger partial charge is 0.462 e. The maximum Gasteiger partial charge on any atom is 0.472 e. The van der Waals surface area contributed by atoms with E-state index in [4.69, 9.17) is 37.0 Å². The number of aliphatic hydroxyl groups is 1. The van der Waals surface area contributed by atoms with E-state index in [2.05, 4.69) is 41.5 Å². The molecule has 0 radical (unpaired) electrons. The van der Waals surface area contributed by atoms with Crippen molar-refractivity contribution < 1.29 is 80.2 Å². The van der Waals surface area contributed by atoms with Gasteiger partial charge in [0.05, 0.1) is 26.4 Å². The lowest BCUT2D eigenvalue weighted by Gasteiger charge is -2.21. The van der Waals surface area contributed by atoms with Gasteiger partial charge in [0.15, 0.2) is 12.2 Å². The normalized spacial score (nSPS) is 14.1. The molecule has 0 saturated carbocycles. The van der Waals surface area contributed by atoms with Crippen LogP contribution in [0, 0.1) is 11.8 Å². The molecule has 0 aromatic heterocycles. The number of hydrogen-bond donors (Lipinski definition) is 3. The number of aliphatic hydroxyl groups excluding tert-OH is 1. The Morgan fingerprint density at radius 3 is 0.724 bits per heavy atom. The molecule has 0 aliphatic carbocycles. The predicted molar refractivity (Wildman–Crippen MR) is 432 cm³/mol. The van der Waals surface area contributed by atoms with Crippen molar-refractivity contribution in [2.45, 2.75) is 477 Å². The summed E-state index contributed by atoms with van der Waals surface area (Å²) < 4.78 is 68.9. The SMILES string of the molecule is CCCCCCCCCCCCCCCCCCCCCCCCC(=O)O[C@H](COC(=O)CCCCCCCCCCCCCCCCC(C)CC)COP(=O)(O)OC[C@@H](O)COP(=O)(O)OC[C@@H](COC(=O)CCCCCCCCCCC(C)C)OC(=O)CCCCCCCCCCCCCCCC. The monoisotopic (exact) mass is 1540 g/mol. The van der Waals surface area contributed by atoms with E-state index in [0.29, 0.717) is 25.7 Å². The van der Waals surface area contributed by atoms with E-state index in [1.54, 1.807) is 0 Å². The lowest BCUT2D eigenvalue weighted by atomic mass is 9.99. The van der Waals surface area contributed by atoms with Crippen LogP contribution in [0.1, 0.15) is 459 Å². The zero-order valence-corrected chi connectivity index (χ0v) is 70.8. The molecular formula is C86H168O17P2. The Morgan fingerprint density at radius 2 is 0.486 bits per heavy atom. The minimum absolute atomic E-state index is 0.108. The summed E-state index contributed by atoms with van der Waals surface area (Å²) in [5.74, 6) is -0.526. The maximum atomic E-state index is 13.1. The van der Waals surface area contributed by atoms with Crippen LogP contribution in [0.15, 0.2) is 0 Å². The first-order valence-corrected chi connectivity index (χ1v) is 47.5. The maximum absolute atomic E-state index is 13.1. The van der Waals surface area contributed by atoms with Crippen molar-refractivity contribution in [1.82, 2.24) is 0 Å². The quantitative estimate of drug-likeness (QED) is 0.0222. The summed E-state index contributed by atoms with van der Waals surface area (Å²) in [6.07, 6.45) is 69.5. The molecular weight excluding hydrogens is 1370 g/mol. The average molecular weight is 1540 g/mol. The average Bonchev–Trinajstić information content (AvgIpc) is 0.905. The van der Waals surface area contributed by atoms with Crippen molar-refractivity contribution in [2.24, 2.45) is 11.8 Å². The fraction of sp³-hybridized carbons (Fsp3) is 0.953. The summed E-state index contributed by atoms with van der Waals surface area (Å²) >= 11 is 0. The molecule has 0 aliphatic heterocycles. The highest BCUT2D eigenvalue weighted by Gasteiger charge is 2.30. The van der Waals surface area contributed by atoms with Crippen molar-refractivity contribution >= 4 is 39.5 Å². The number of carbonyl (C=O) groups excluding carboxylic acids is 4. The van der Waals surface area contributed by atoms with Crippen LogP contribution >= 0.6 is 15.6 Å². The molecule has 0 aliphatic rings. The molecule has 105 heavy (non-hydrogen) atoms. The number of rotatable bonds is 85. The van der Waals surface area contributed by atoms with E-state index in [-0.39, 0.29) is 25.7 Å². The van der Waals surface area contributed by atoms with Gasteiger partial charge in [0.1, 0.15) is 19.3 Å². The van der Waals surface area contributed by atoms with Crippen LogP contribution in [-0.2, 0) is 65.4 Å². The van der Waals surface area contributed by atoms with Gasteiger partial charge < -0.3 is 33.8 Å². The first-order valence-electron chi connectivity index (χ1n) is 44.5. The second kappa shape index (κ2) is 77.4. The van der Waals surface area contributed by atoms with Crippen LogP contribution < -0.4 is 0 Å². The number of unbranched alkanes of at least 4 members (excludes halogenated alkanes) is 54. The third kappa shape index (κ3) is 78.5. The third-order valence-corrected chi connectivity index (χ3v) is 22.5. The van der Waals surface area contributed by atoms with Crippen LogP contribution in [-0.4, -0.2) is 96.7 Å². The highest BCUT2D eigenvalue weighted by Crippen LogP contribution is 2.45. The van der Waals surface area contributed by atoms with Crippen LogP contribution in [0.3, 0.4) is 0 Å². The van der Waals surface area contributed by atoms with Gasteiger partial charge in [-0.15, -0.1) is 0 Å². The van der Waals surface area contributed by atoms with Crippen molar-refractivity contribution in [3.63, 3.8) is 0 Å². The van der Waals surface area contributed by atoms with Crippen LogP contribution in [0.5, 0.6) is 0 Å². The Hall–Kier alpha value is -1.94. The van der Waals surface area contributed by atoms with Crippen LogP contribution in [0.4, 0.5) is 0 Å². The number of ether oxygens (including phenoxy) is 4. The summed E-state index contributed by atoms with van der Waals surface area (Å²) in [6.45, 7) is 9.69. The Labute approximate surface area is 645 Å². The van der Waals surface area contributed by atoms with Gasteiger partial charge in [-0.05, 0) is 37.5 Å². The van der Waals surface area contributed by atoms with Gasteiger partial charge >= 0.3 is 39.5 Å². The largest absolute Gasteiger partial charge is 0.472 e. The topological polar surface area (TPSA) is 237 Å². The van der Waals surface area contributed by atoms with Gasteiger partial charge in [0.25, 0.3) is 0 Å². The van der Waals surface area contributed by atoms with Gasteiger partial charge in [-0.3, -0.25) is 37.3 Å². The van der Waals surface area contributed by atoms with Gasteiger partial charge in [0.2, 0.25) is 0 Å². The van der Waals surface area contributed by atoms with Gasteiger partial charge in [-0.25, -0.2) is 9.13 Å². The first-order chi connectivity index (χ1) is 50.9. The number of phosphoric acid groups is 2. The lowest BCUT2D eigenvalue weighted by molar-refractivity contribution is -0.161. The standard InChI is InChI=1S/C86H168O17P2/c1-7-10-12-14-16-18-20-22-24-25-26-27-28-29-30-31-37-41-45-53-59-65-71-86(91)102-81(74-96-83(88)68-62-56-50-43-39-36-33-32-34-38-42-49-55-61-67-79(6)9-3)76-100-104(92,93)98-72-80(87)73-99-105(94,95)101-77-82(75-97-84(89)69-63-57-51-47-46-48-54-60-66-78(4)5)103-85(90)70-64-58-52-44-40-35-23-21-19-17-15-13-11-8-2/h78-82,87H,7-77H2,1-6H3,(H,92,93)(H,94,95)/t79?,80-,81-,82-/m1/s1. The van der Waals surface area contributed by atoms with E-state index >= 15 is 0 Å². The summed E-state index contributed by atoms with van der Waals surface area (Å²) in [5.41, 5.74) is 0. The molecule has 0 heterocycles. The van der Waals surface area contributed by atoms with E-state index in [1.807, 2.05) is 0 Å². The van der Waals surface area contributed by atoms with Gasteiger partial charge in [-0.1, -0.05) is 408 Å². The van der Waals surface area contributed by atoms with E-state index in [9.17, 15) is 43.2 Å². The molecule has 0 rings (SSSR count). The summed E-state index contributed by atoms with van der Waals surface area (Å²) in [4.78, 5) is 73.2. The molecule has 624 valence electrons. The molecule has 0 bridgehead atoms. The second-order valence-electron chi connectivity index (χ2n) is 31.6. The number of hydrogen-bond acceptors (Lipinski definition) is 15. The number of carbonyl (C=O) groups is 4. The van der Waals surface area contributed by atoms with E-state index in [0.717, 1.165) is 102 Å². The van der Waals surface area contributed by atoms with Crippen molar-refractivity contribution in [2.75, 3.05) is 39.6 Å². The molecule has 0 aromatic carbocycles. The lowest BCUT2D eigenvalue weighted by Crippen LogP contribution is -2.30. The van der Waals surface area contributed by atoms with Crippen molar-refractivity contribution in [3.8, 4) is 0 Å². The second-order valence-corrected chi connectivity index (χ2v) is 34.6. The van der Waals surface area contributed by atoms with Crippen LogP contribution in [0.2, 0.25) is 0 Å². The molecule has 0 fully saturated rings. The van der Waals surface area contributed by atoms with Crippen molar-refractivity contribution in [1.29, 1.82) is 0 Å². The molecule has 17 nitrogen and oxygen atoms in total. The minimum Gasteiger partial charge on any atom is -0.462 e.